The van der Waals surface area contributed by atoms with Crippen LogP contribution in [0.15, 0.2) is 24.3 Å². The first-order valence-corrected chi connectivity index (χ1v) is 4.66. The van der Waals surface area contributed by atoms with Gasteiger partial charge in [-0.15, -0.1) is 0 Å². The van der Waals surface area contributed by atoms with Gasteiger partial charge in [0.25, 0.3) is 0 Å². The Labute approximate surface area is 86.9 Å². The van der Waals surface area contributed by atoms with Crippen LogP contribution in [0.2, 0.25) is 0 Å². The molecular formula is C11H12N2O2. The number of aryl methyl sites for hydroxylation is 1. The van der Waals surface area contributed by atoms with Crippen molar-refractivity contribution in [2.45, 2.75) is 6.54 Å². The highest BCUT2D eigenvalue weighted by Crippen LogP contribution is 2.22. The van der Waals surface area contributed by atoms with Gasteiger partial charge in [0.1, 0.15) is 0 Å². The average Bonchev–Trinajstić information content (AvgIpc) is 2.55. The Balaban J connectivity index is 2.84. The van der Waals surface area contributed by atoms with Crippen molar-refractivity contribution in [3.05, 3.63) is 35.5 Å². The van der Waals surface area contributed by atoms with Gasteiger partial charge in [0, 0.05) is 24.7 Å². The number of carboxylic acids is 1. The Morgan fingerprint density at radius 1 is 1.53 bits per heavy atom. The van der Waals surface area contributed by atoms with Gasteiger partial charge < -0.3 is 15.4 Å². The third kappa shape index (κ3) is 1.39. The van der Waals surface area contributed by atoms with E-state index in [1.807, 2.05) is 23.7 Å². The predicted molar refractivity (Wildman–Crippen MR) is 57.8 cm³/mol. The highest BCUT2D eigenvalue weighted by Gasteiger charge is 2.12. The molecule has 0 spiro atoms. The zero-order valence-electron chi connectivity index (χ0n) is 8.40. The van der Waals surface area contributed by atoms with Crippen LogP contribution >= 0.6 is 0 Å². The third-order valence-corrected chi connectivity index (χ3v) is 2.60. The van der Waals surface area contributed by atoms with Gasteiger partial charge in [-0.3, -0.25) is 0 Å². The maximum atomic E-state index is 11.0. The van der Waals surface area contributed by atoms with E-state index in [0.29, 0.717) is 12.1 Å². The van der Waals surface area contributed by atoms with Crippen LogP contribution in [-0.2, 0) is 13.6 Å². The van der Waals surface area contributed by atoms with Crippen LogP contribution in [-0.4, -0.2) is 15.6 Å². The van der Waals surface area contributed by atoms with Gasteiger partial charge in [0.05, 0.1) is 11.1 Å². The SMILES string of the molecule is Cn1c(CN)cc2cccc(C(=O)O)c21. The minimum absolute atomic E-state index is 0.315. The molecule has 0 saturated heterocycles. The summed E-state index contributed by atoms with van der Waals surface area (Å²) in [7, 11) is 1.83. The number of aromatic carboxylic acids is 1. The van der Waals surface area contributed by atoms with E-state index in [9.17, 15) is 4.79 Å². The van der Waals surface area contributed by atoms with E-state index >= 15 is 0 Å². The van der Waals surface area contributed by atoms with E-state index < -0.39 is 5.97 Å². The Morgan fingerprint density at radius 2 is 2.27 bits per heavy atom. The number of fused-ring (bicyclic) bond motifs is 1. The van der Waals surface area contributed by atoms with Gasteiger partial charge in [-0.25, -0.2) is 4.79 Å². The average molecular weight is 204 g/mol. The summed E-state index contributed by atoms with van der Waals surface area (Å²) in [5.41, 5.74) is 7.54. The maximum absolute atomic E-state index is 11.0. The van der Waals surface area contributed by atoms with Crippen LogP contribution in [0.3, 0.4) is 0 Å². The highest BCUT2D eigenvalue weighted by atomic mass is 16.4. The lowest BCUT2D eigenvalue weighted by atomic mass is 10.1. The van der Waals surface area contributed by atoms with Gasteiger partial charge in [-0.1, -0.05) is 12.1 Å². The topological polar surface area (TPSA) is 68.2 Å². The number of nitrogens with two attached hydrogens (primary N) is 1. The van der Waals surface area contributed by atoms with Gasteiger partial charge >= 0.3 is 5.97 Å². The van der Waals surface area contributed by atoms with E-state index in [1.165, 1.54) is 0 Å². The second kappa shape index (κ2) is 3.40. The summed E-state index contributed by atoms with van der Waals surface area (Å²) in [6.07, 6.45) is 0. The van der Waals surface area contributed by atoms with Crippen LogP contribution < -0.4 is 5.73 Å². The monoisotopic (exact) mass is 204 g/mol. The number of rotatable bonds is 2. The molecule has 1 aromatic heterocycles. The first kappa shape index (κ1) is 9.73. The molecule has 0 unspecified atom stereocenters. The number of carboxylic acid groups (broad SMARTS) is 1. The second-order valence-electron chi connectivity index (χ2n) is 3.45. The molecule has 0 aliphatic rings. The normalized spacial score (nSPS) is 10.8. The molecule has 0 bridgehead atoms. The molecule has 0 aliphatic carbocycles. The fourth-order valence-electron chi connectivity index (χ4n) is 1.84. The number of para-hydroxylation sites is 1. The van der Waals surface area contributed by atoms with Crippen LogP contribution in [0.5, 0.6) is 0 Å². The van der Waals surface area contributed by atoms with Crippen LogP contribution in [0.25, 0.3) is 10.9 Å². The van der Waals surface area contributed by atoms with E-state index in [0.717, 1.165) is 16.6 Å². The first-order chi connectivity index (χ1) is 7.15. The molecule has 0 amide bonds. The lowest BCUT2D eigenvalue weighted by Crippen LogP contribution is -2.05. The van der Waals surface area contributed by atoms with Gasteiger partial charge in [-0.2, -0.15) is 0 Å². The second-order valence-corrected chi connectivity index (χ2v) is 3.45. The smallest absolute Gasteiger partial charge is 0.337 e. The van der Waals surface area contributed by atoms with E-state index in [-0.39, 0.29) is 0 Å². The standard InChI is InChI=1S/C11H12N2O2/c1-13-8(6-12)5-7-3-2-4-9(10(7)13)11(14)15/h2-5H,6,12H2,1H3,(H,14,15). The molecule has 4 nitrogen and oxygen atoms in total. The Kier molecular flexibility index (Phi) is 2.21. The summed E-state index contributed by atoms with van der Waals surface area (Å²) in [5, 5.41) is 9.96. The minimum atomic E-state index is -0.912. The molecule has 4 heteroatoms. The maximum Gasteiger partial charge on any atom is 0.337 e. The van der Waals surface area contributed by atoms with Crippen molar-refractivity contribution in [1.29, 1.82) is 0 Å². The summed E-state index contributed by atoms with van der Waals surface area (Å²) in [5.74, 6) is -0.912. The van der Waals surface area contributed by atoms with E-state index in [4.69, 9.17) is 10.8 Å². The Hall–Kier alpha value is -1.81. The summed E-state index contributed by atoms with van der Waals surface area (Å²) >= 11 is 0. The van der Waals surface area contributed by atoms with Gasteiger partial charge in [0.15, 0.2) is 0 Å². The summed E-state index contributed by atoms with van der Waals surface area (Å²) in [4.78, 5) is 11.0. The quantitative estimate of drug-likeness (QED) is 0.775. The summed E-state index contributed by atoms with van der Waals surface area (Å²) < 4.78 is 1.83. The lowest BCUT2D eigenvalue weighted by Gasteiger charge is -2.03. The molecule has 1 heterocycles. The van der Waals surface area contributed by atoms with Crippen molar-refractivity contribution in [3.63, 3.8) is 0 Å². The number of benzene rings is 1. The molecule has 1 aromatic carbocycles. The third-order valence-electron chi connectivity index (χ3n) is 2.60. The molecule has 0 radical (unpaired) electrons. The molecule has 15 heavy (non-hydrogen) atoms. The van der Waals surface area contributed by atoms with Crippen molar-refractivity contribution < 1.29 is 9.90 Å². The zero-order chi connectivity index (χ0) is 11.0. The molecule has 78 valence electrons. The molecule has 3 N–H and O–H groups in total. The molecule has 0 aliphatic heterocycles. The van der Waals surface area contributed by atoms with E-state index in [1.54, 1.807) is 12.1 Å². The van der Waals surface area contributed by atoms with Crippen molar-refractivity contribution in [1.82, 2.24) is 4.57 Å². The van der Waals surface area contributed by atoms with Crippen LogP contribution in [0.4, 0.5) is 0 Å². The first-order valence-electron chi connectivity index (χ1n) is 4.66. The zero-order valence-corrected chi connectivity index (χ0v) is 8.40. The Bertz CT molecular complexity index is 529. The fraction of sp³-hybridized carbons (Fsp3) is 0.182. The van der Waals surface area contributed by atoms with Gasteiger partial charge in [0.2, 0.25) is 0 Å². The number of carbonyl (C=O) groups is 1. The molecule has 0 atom stereocenters. The van der Waals surface area contributed by atoms with Crippen molar-refractivity contribution in [2.24, 2.45) is 12.8 Å². The fourth-order valence-corrected chi connectivity index (χ4v) is 1.84. The number of hydrogen-bond donors (Lipinski definition) is 2. The molecule has 0 saturated carbocycles. The lowest BCUT2D eigenvalue weighted by molar-refractivity contribution is 0.0698. The summed E-state index contributed by atoms with van der Waals surface area (Å²) in [6.45, 7) is 0.407. The predicted octanol–water partition coefficient (Wildman–Crippen LogP) is 1.34. The van der Waals surface area contributed by atoms with Crippen molar-refractivity contribution >= 4 is 16.9 Å². The minimum Gasteiger partial charge on any atom is -0.478 e. The molecular weight excluding hydrogens is 192 g/mol. The van der Waals surface area contributed by atoms with Gasteiger partial charge in [-0.05, 0) is 12.1 Å². The number of aromatic nitrogens is 1. The Morgan fingerprint density at radius 3 is 2.87 bits per heavy atom. The number of nitrogens with zero attached hydrogens (tertiary/aromatic N) is 1. The van der Waals surface area contributed by atoms with Crippen molar-refractivity contribution in [2.75, 3.05) is 0 Å². The summed E-state index contributed by atoms with van der Waals surface area (Å²) in [6, 6.07) is 7.15. The molecule has 2 rings (SSSR count). The van der Waals surface area contributed by atoms with Crippen LogP contribution in [0, 0.1) is 0 Å². The van der Waals surface area contributed by atoms with E-state index in [2.05, 4.69) is 0 Å². The van der Waals surface area contributed by atoms with Crippen LogP contribution in [0.1, 0.15) is 16.1 Å². The molecule has 2 aromatic rings. The largest absolute Gasteiger partial charge is 0.478 e. The number of hydrogen-bond acceptors (Lipinski definition) is 2. The highest BCUT2D eigenvalue weighted by molar-refractivity contribution is 6.02. The molecule has 0 fully saturated rings. The van der Waals surface area contributed by atoms with Crippen molar-refractivity contribution in [3.8, 4) is 0 Å².